The fourth-order valence-corrected chi connectivity index (χ4v) is 6.30. The van der Waals surface area contributed by atoms with Gasteiger partial charge in [0.2, 0.25) is 5.91 Å². The van der Waals surface area contributed by atoms with Crippen molar-refractivity contribution < 1.29 is 14.3 Å². The molecule has 3 heterocycles. The third kappa shape index (κ3) is 7.02. The molecule has 0 spiro atoms. The summed E-state index contributed by atoms with van der Waals surface area (Å²) in [6, 6.07) is 20.9. The van der Waals surface area contributed by atoms with Crippen LogP contribution >= 0.6 is 0 Å². The molecule has 3 aliphatic rings. The molecule has 43 heavy (non-hydrogen) atoms. The number of benzene rings is 2. The van der Waals surface area contributed by atoms with Gasteiger partial charge in [0.1, 0.15) is 5.75 Å². The molecular weight excluding hydrogens is 538 g/mol. The van der Waals surface area contributed by atoms with Gasteiger partial charge in [-0.1, -0.05) is 30.3 Å². The third-order valence-corrected chi connectivity index (χ3v) is 8.84. The lowest BCUT2D eigenvalue weighted by atomic mass is 9.95. The van der Waals surface area contributed by atoms with Gasteiger partial charge in [0, 0.05) is 76.0 Å². The van der Waals surface area contributed by atoms with E-state index in [2.05, 4.69) is 50.4 Å². The highest BCUT2D eigenvalue weighted by molar-refractivity contribution is 5.85. The molecule has 1 atom stereocenters. The summed E-state index contributed by atoms with van der Waals surface area (Å²) in [7, 11) is 0. The number of piperidine rings is 1. The number of piperazine rings is 1. The van der Waals surface area contributed by atoms with Crippen LogP contribution in [0.15, 0.2) is 73.1 Å². The van der Waals surface area contributed by atoms with E-state index in [1.807, 2.05) is 61.5 Å². The number of hydrogen-bond donors (Lipinski definition) is 1. The number of pyridine rings is 1. The Morgan fingerprint density at radius 2 is 1.67 bits per heavy atom. The van der Waals surface area contributed by atoms with Crippen LogP contribution in [-0.4, -0.2) is 77.5 Å². The summed E-state index contributed by atoms with van der Waals surface area (Å²) in [4.78, 5) is 37.6. The quantitative estimate of drug-likeness (QED) is 0.393. The van der Waals surface area contributed by atoms with Gasteiger partial charge in [0.15, 0.2) is 5.60 Å². The van der Waals surface area contributed by atoms with Crippen molar-refractivity contribution in [3.05, 3.63) is 78.6 Å². The van der Waals surface area contributed by atoms with Crippen molar-refractivity contribution in [1.29, 1.82) is 0 Å². The summed E-state index contributed by atoms with van der Waals surface area (Å²) in [5.74, 6) is 0.908. The second-order valence-corrected chi connectivity index (χ2v) is 12.6. The Morgan fingerprint density at radius 1 is 0.953 bits per heavy atom. The normalized spacial score (nSPS) is 19.2. The monoisotopic (exact) mass is 581 g/mol. The number of hydrogen-bond acceptors (Lipinski definition) is 6. The molecule has 1 aromatic heterocycles. The first-order valence-corrected chi connectivity index (χ1v) is 15.7. The molecule has 0 radical (unpaired) electrons. The second-order valence-electron chi connectivity index (χ2n) is 12.6. The van der Waals surface area contributed by atoms with Crippen molar-refractivity contribution in [3.8, 4) is 16.9 Å². The van der Waals surface area contributed by atoms with E-state index in [4.69, 9.17) is 4.74 Å². The van der Waals surface area contributed by atoms with Gasteiger partial charge in [-0.3, -0.25) is 14.6 Å². The lowest BCUT2D eigenvalue weighted by Gasteiger charge is -2.37. The Hall–Kier alpha value is -3.91. The minimum absolute atomic E-state index is 0.00945. The van der Waals surface area contributed by atoms with Gasteiger partial charge in [-0.05, 0) is 80.5 Å². The number of amides is 2. The Balaban J connectivity index is 1.10. The van der Waals surface area contributed by atoms with Crippen LogP contribution in [0.4, 0.5) is 5.69 Å². The molecule has 6 rings (SSSR count). The number of nitrogens with zero attached hydrogens (tertiary/aromatic N) is 4. The summed E-state index contributed by atoms with van der Waals surface area (Å²) in [6.07, 6.45) is 7.65. The molecule has 2 amide bonds. The first-order valence-electron chi connectivity index (χ1n) is 15.7. The number of rotatable bonds is 9. The van der Waals surface area contributed by atoms with Gasteiger partial charge in [-0.2, -0.15) is 0 Å². The molecule has 8 heteroatoms. The predicted octanol–water partition coefficient (Wildman–Crippen LogP) is 4.75. The molecule has 0 bridgehead atoms. The van der Waals surface area contributed by atoms with Crippen molar-refractivity contribution in [1.82, 2.24) is 20.1 Å². The smallest absolute Gasteiger partial charge is 0.266 e. The molecule has 8 nitrogen and oxygen atoms in total. The Labute approximate surface area is 255 Å². The zero-order valence-corrected chi connectivity index (χ0v) is 25.4. The summed E-state index contributed by atoms with van der Waals surface area (Å²) < 4.78 is 6.29. The van der Waals surface area contributed by atoms with E-state index in [1.54, 1.807) is 0 Å². The Kier molecular flexibility index (Phi) is 8.66. The summed E-state index contributed by atoms with van der Waals surface area (Å²) in [6.45, 7) is 8.94. The van der Waals surface area contributed by atoms with Crippen LogP contribution in [0.3, 0.4) is 0 Å². The van der Waals surface area contributed by atoms with E-state index >= 15 is 0 Å². The molecule has 3 aromatic rings. The molecule has 1 aliphatic carbocycles. The highest BCUT2D eigenvalue weighted by atomic mass is 16.5. The van der Waals surface area contributed by atoms with Gasteiger partial charge in [0.05, 0.1) is 5.92 Å². The van der Waals surface area contributed by atoms with Crippen molar-refractivity contribution in [2.24, 2.45) is 5.92 Å². The molecule has 3 fully saturated rings. The number of aromatic nitrogens is 1. The molecule has 1 unspecified atom stereocenters. The number of anilines is 1. The summed E-state index contributed by atoms with van der Waals surface area (Å²) >= 11 is 0. The molecular formula is C35H43N5O3. The van der Waals surface area contributed by atoms with E-state index in [1.165, 1.54) is 0 Å². The maximum absolute atomic E-state index is 14.0. The summed E-state index contributed by atoms with van der Waals surface area (Å²) in [5.41, 5.74) is 3.53. The lowest BCUT2D eigenvalue weighted by Crippen LogP contribution is -2.54. The van der Waals surface area contributed by atoms with E-state index in [9.17, 15) is 9.59 Å². The number of nitrogens with one attached hydrogen (secondary N) is 1. The topological polar surface area (TPSA) is 78.0 Å². The van der Waals surface area contributed by atoms with Gasteiger partial charge in [-0.25, -0.2) is 0 Å². The van der Waals surface area contributed by atoms with E-state index in [0.717, 1.165) is 67.7 Å². The lowest BCUT2D eigenvalue weighted by molar-refractivity contribution is -0.146. The van der Waals surface area contributed by atoms with Crippen molar-refractivity contribution in [2.45, 2.75) is 57.7 Å². The molecule has 1 N–H and O–H groups in total. The first-order chi connectivity index (χ1) is 20.9. The van der Waals surface area contributed by atoms with E-state index in [0.29, 0.717) is 38.0 Å². The minimum atomic E-state index is -0.961. The first kappa shape index (κ1) is 29.2. The Bertz CT molecular complexity index is 1400. The van der Waals surface area contributed by atoms with Crippen molar-refractivity contribution in [3.63, 3.8) is 0 Å². The van der Waals surface area contributed by atoms with Crippen LogP contribution < -0.4 is 15.0 Å². The van der Waals surface area contributed by atoms with Crippen LogP contribution in [0, 0.1) is 5.92 Å². The third-order valence-electron chi connectivity index (χ3n) is 8.84. The Morgan fingerprint density at radius 3 is 2.40 bits per heavy atom. The average molecular weight is 582 g/mol. The zero-order chi connectivity index (χ0) is 29.8. The molecule has 2 aromatic carbocycles. The standard InChI is InChI=1S/C35H43N5O3/c1-35(2,34(42)38-21-18-37-19-22-38)43-32-7-3-6-31(23-32)39-20-4-5-29(25-39)33(41)40(30-12-13-30)24-26-8-10-27(11-9-26)28-14-16-36-17-15-28/h3,6-11,14-17,23,29-30,37H,4-5,12-13,18-22,24-25H2,1-2H3. The molecule has 2 saturated heterocycles. The van der Waals surface area contributed by atoms with Crippen molar-refractivity contribution in [2.75, 3.05) is 44.2 Å². The zero-order valence-electron chi connectivity index (χ0n) is 25.4. The van der Waals surface area contributed by atoms with Gasteiger partial charge < -0.3 is 24.8 Å². The van der Waals surface area contributed by atoms with Crippen LogP contribution in [-0.2, 0) is 16.1 Å². The van der Waals surface area contributed by atoms with E-state index in [-0.39, 0.29) is 17.7 Å². The summed E-state index contributed by atoms with van der Waals surface area (Å²) in [5, 5.41) is 3.29. The maximum Gasteiger partial charge on any atom is 0.266 e. The fourth-order valence-electron chi connectivity index (χ4n) is 6.30. The number of carbonyl (C=O) groups excluding carboxylic acids is 2. The van der Waals surface area contributed by atoms with E-state index < -0.39 is 5.60 Å². The van der Waals surface area contributed by atoms with Gasteiger partial charge in [-0.15, -0.1) is 0 Å². The molecule has 2 aliphatic heterocycles. The minimum Gasteiger partial charge on any atom is -0.478 e. The highest BCUT2D eigenvalue weighted by Gasteiger charge is 2.38. The van der Waals surface area contributed by atoms with Crippen molar-refractivity contribution >= 4 is 17.5 Å². The average Bonchev–Trinajstić information content (AvgIpc) is 3.90. The van der Waals surface area contributed by atoms with Crippen LogP contribution in [0.5, 0.6) is 5.75 Å². The fraction of sp³-hybridized carbons (Fsp3) is 0.457. The maximum atomic E-state index is 14.0. The van der Waals surface area contributed by atoms with Crippen LogP contribution in [0.1, 0.15) is 45.1 Å². The SMILES string of the molecule is CC(C)(Oc1cccc(N2CCCC(C(=O)N(Cc3ccc(-c4ccncc4)cc3)C3CC3)C2)c1)C(=O)N1CCNCC1. The van der Waals surface area contributed by atoms with Crippen LogP contribution in [0.25, 0.3) is 11.1 Å². The van der Waals surface area contributed by atoms with Gasteiger partial charge >= 0.3 is 0 Å². The largest absolute Gasteiger partial charge is 0.478 e. The van der Waals surface area contributed by atoms with Gasteiger partial charge in [0.25, 0.3) is 5.91 Å². The second kappa shape index (κ2) is 12.8. The van der Waals surface area contributed by atoms with Crippen LogP contribution in [0.2, 0.25) is 0 Å². The molecule has 1 saturated carbocycles. The molecule has 226 valence electrons. The number of carbonyl (C=O) groups is 2. The number of ether oxygens (including phenoxy) is 1. The highest BCUT2D eigenvalue weighted by Crippen LogP contribution is 2.34. The predicted molar refractivity (Wildman–Crippen MR) is 169 cm³/mol.